The highest BCUT2D eigenvalue weighted by molar-refractivity contribution is 7.15. The Balaban J connectivity index is 1.95. The van der Waals surface area contributed by atoms with Crippen molar-refractivity contribution < 1.29 is 0 Å². The molecule has 8 heteroatoms. The summed E-state index contributed by atoms with van der Waals surface area (Å²) in [6, 6.07) is 1.79. The molecule has 18 heavy (non-hydrogen) atoms. The molecule has 3 rings (SSSR count). The minimum absolute atomic E-state index is 0.203. The highest BCUT2D eigenvalue weighted by atomic mass is 35.5. The first-order chi connectivity index (χ1) is 8.61. The van der Waals surface area contributed by atoms with Crippen molar-refractivity contribution in [2.24, 2.45) is 0 Å². The van der Waals surface area contributed by atoms with E-state index in [1.54, 1.807) is 21.9 Å². The van der Waals surface area contributed by atoms with Gasteiger partial charge in [0.25, 0.3) is 0 Å². The van der Waals surface area contributed by atoms with Gasteiger partial charge < -0.3 is 5.32 Å². The zero-order valence-electron chi connectivity index (χ0n) is 9.68. The van der Waals surface area contributed by atoms with E-state index in [2.05, 4.69) is 25.4 Å². The van der Waals surface area contributed by atoms with Crippen LogP contribution in [0.5, 0.6) is 0 Å². The van der Waals surface area contributed by atoms with E-state index in [1.165, 1.54) is 0 Å². The maximum Gasteiger partial charge on any atom is 0.249 e. The van der Waals surface area contributed by atoms with Gasteiger partial charge in [-0.1, -0.05) is 0 Å². The number of aryl methyl sites for hydroxylation is 2. The smallest absolute Gasteiger partial charge is 0.249 e. The highest BCUT2D eigenvalue weighted by Gasteiger charge is 2.08. The average molecular weight is 281 g/mol. The number of anilines is 2. The van der Waals surface area contributed by atoms with Crippen molar-refractivity contribution >= 4 is 39.7 Å². The fourth-order valence-corrected chi connectivity index (χ4v) is 2.58. The summed E-state index contributed by atoms with van der Waals surface area (Å²) in [6.45, 7) is 3.83. The molecule has 3 aromatic heterocycles. The third kappa shape index (κ3) is 2.02. The van der Waals surface area contributed by atoms with Crippen molar-refractivity contribution in [1.29, 1.82) is 0 Å². The molecule has 6 nitrogen and oxygen atoms in total. The zero-order chi connectivity index (χ0) is 12.7. The number of hydrogen-bond acceptors (Lipinski definition) is 6. The monoisotopic (exact) mass is 280 g/mol. The number of halogens is 1. The van der Waals surface area contributed by atoms with Crippen LogP contribution in [-0.2, 0) is 0 Å². The average Bonchev–Trinajstić information content (AvgIpc) is 2.80. The molecule has 0 atom stereocenters. The summed E-state index contributed by atoms with van der Waals surface area (Å²) in [7, 11) is 0. The van der Waals surface area contributed by atoms with E-state index in [0.717, 1.165) is 16.3 Å². The first-order valence-electron chi connectivity index (χ1n) is 5.21. The first-order valence-corrected chi connectivity index (χ1v) is 6.46. The standard InChI is InChI=1S/C10H9ClN6S/c1-5-3-7(13-8(11)12-5)14-9-15-10-17(16-9)6(2)4-18-10/h3-4H,1-2H3,(H,12,13,14,16). The molecular formula is C10H9ClN6S. The molecule has 0 spiro atoms. The van der Waals surface area contributed by atoms with Crippen molar-refractivity contribution in [2.45, 2.75) is 13.8 Å². The molecule has 0 aliphatic carbocycles. The summed E-state index contributed by atoms with van der Waals surface area (Å²) >= 11 is 7.34. The third-order valence-corrected chi connectivity index (χ3v) is 3.42. The van der Waals surface area contributed by atoms with Gasteiger partial charge in [0.1, 0.15) is 5.82 Å². The fourth-order valence-electron chi connectivity index (χ4n) is 1.56. The minimum atomic E-state index is 0.203. The van der Waals surface area contributed by atoms with Gasteiger partial charge in [-0.25, -0.2) is 14.5 Å². The van der Waals surface area contributed by atoms with Crippen LogP contribution in [-0.4, -0.2) is 24.6 Å². The normalized spacial score (nSPS) is 11.1. The van der Waals surface area contributed by atoms with Crippen LogP contribution in [0.25, 0.3) is 4.96 Å². The van der Waals surface area contributed by atoms with Crippen LogP contribution in [0.3, 0.4) is 0 Å². The van der Waals surface area contributed by atoms with Gasteiger partial charge in [-0.2, -0.15) is 4.98 Å². The van der Waals surface area contributed by atoms with E-state index >= 15 is 0 Å². The SMILES string of the molecule is Cc1cc(Nc2nc3scc(C)n3n2)nc(Cl)n1. The van der Waals surface area contributed by atoms with Crippen LogP contribution in [0.4, 0.5) is 11.8 Å². The quantitative estimate of drug-likeness (QED) is 0.731. The van der Waals surface area contributed by atoms with Crippen molar-refractivity contribution in [2.75, 3.05) is 5.32 Å². The van der Waals surface area contributed by atoms with Gasteiger partial charge in [0.05, 0.1) is 5.69 Å². The van der Waals surface area contributed by atoms with Gasteiger partial charge in [-0.15, -0.1) is 16.4 Å². The summed E-state index contributed by atoms with van der Waals surface area (Å²) in [4.78, 5) is 13.2. The molecule has 0 radical (unpaired) electrons. The molecular weight excluding hydrogens is 272 g/mol. The summed E-state index contributed by atoms with van der Waals surface area (Å²) in [6.07, 6.45) is 0. The van der Waals surface area contributed by atoms with Crippen molar-refractivity contribution in [3.8, 4) is 0 Å². The zero-order valence-corrected chi connectivity index (χ0v) is 11.2. The van der Waals surface area contributed by atoms with Crippen molar-refractivity contribution in [3.05, 3.63) is 28.1 Å². The van der Waals surface area contributed by atoms with Gasteiger partial charge in [0.2, 0.25) is 16.2 Å². The molecule has 3 aromatic rings. The second-order valence-electron chi connectivity index (χ2n) is 3.80. The Labute approximate surface area is 112 Å². The second kappa shape index (κ2) is 4.18. The Morgan fingerprint density at radius 3 is 2.83 bits per heavy atom. The Bertz CT molecular complexity index is 698. The largest absolute Gasteiger partial charge is 0.307 e. The third-order valence-electron chi connectivity index (χ3n) is 2.31. The van der Waals surface area contributed by atoms with E-state index in [-0.39, 0.29) is 5.28 Å². The summed E-state index contributed by atoms with van der Waals surface area (Å²) in [5.74, 6) is 1.09. The predicted octanol–water partition coefficient (Wildman–Crippen LogP) is 2.59. The number of aromatic nitrogens is 5. The number of nitrogens with one attached hydrogen (secondary N) is 1. The molecule has 0 aliphatic rings. The van der Waals surface area contributed by atoms with E-state index < -0.39 is 0 Å². The topological polar surface area (TPSA) is 68.0 Å². The summed E-state index contributed by atoms with van der Waals surface area (Å²) < 4.78 is 1.78. The van der Waals surface area contributed by atoms with Crippen LogP contribution in [0.2, 0.25) is 5.28 Å². The number of hydrogen-bond donors (Lipinski definition) is 1. The molecule has 0 bridgehead atoms. The molecule has 92 valence electrons. The summed E-state index contributed by atoms with van der Waals surface area (Å²) in [5, 5.41) is 9.55. The predicted molar refractivity (Wildman–Crippen MR) is 70.7 cm³/mol. The van der Waals surface area contributed by atoms with Crippen molar-refractivity contribution in [3.63, 3.8) is 0 Å². The lowest BCUT2D eigenvalue weighted by molar-refractivity contribution is 0.934. The number of fused-ring (bicyclic) bond motifs is 1. The minimum Gasteiger partial charge on any atom is -0.307 e. The van der Waals surface area contributed by atoms with Crippen LogP contribution < -0.4 is 5.32 Å². The van der Waals surface area contributed by atoms with Crippen LogP contribution >= 0.6 is 22.9 Å². The Morgan fingerprint density at radius 2 is 2.11 bits per heavy atom. The van der Waals surface area contributed by atoms with E-state index in [9.17, 15) is 0 Å². The maximum atomic E-state index is 5.79. The lowest BCUT2D eigenvalue weighted by atomic mass is 10.4. The number of rotatable bonds is 2. The maximum absolute atomic E-state index is 5.79. The lowest BCUT2D eigenvalue weighted by Crippen LogP contribution is -1.98. The van der Waals surface area contributed by atoms with Gasteiger partial charge in [-0.05, 0) is 25.4 Å². The molecule has 0 amide bonds. The highest BCUT2D eigenvalue weighted by Crippen LogP contribution is 2.18. The van der Waals surface area contributed by atoms with Gasteiger partial charge in [0.15, 0.2) is 0 Å². The molecule has 0 saturated heterocycles. The van der Waals surface area contributed by atoms with E-state index in [4.69, 9.17) is 11.6 Å². The molecule has 0 aromatic carbocycles. The summed E-state index contributed by atoms with van der Waals surface area (Å²) in [5.41, 5.74) is 1.84. The van der Waals surface area contributed by atoms with Crippen LogP contribution in [0.1, 0.15) is 11.4 Å². The second-order valence-corrected chi connectivity index (χ2v) is 4.97. The van der Waals surface area contributed by atoms with E-state index in [1.807, 2.05) is 19.2 Å². The fraction of sp³-hybridized carbons (Fsp3) is 0.200. The molecule has 0 unspecified atom stereocenters. The number of thiazole rings is 1. The Morgan fingerprint density at radius 1 is 1.28 bits per heavy atom. The van der Waals surface area contributed by atoms with Gasteiger partial charge in [0, 0.05) is 17.1 Å². The van der Waals surface area contributed by atoms with Crippen molar-refractivity contribution in [1.82, 2.24) is 24.6 Å². The number of nitrogens with zero attached hydrogens (tertiary/aromatic N) is 5. The molecule has 1 N–H and O–H groups in total. The Hall–Kier alpha value is -1.73. The molecule has 0 fully saturated rings. The van der Waals surface area contributed by atoms with E-state index in [0.29, 0.717) is 11.8 Å². The Kier molecular flexibility index (Phi) is 2.64. The molecule has 0 aliphatic heterocycles. The van der Waals surface area contributed by atoms with Gasteiger partial charge >= 0.3 is 0 Å². The molecule has 0 saturated carbocycles. The lowest BCUT2D eigenvalue weighted by Gasteiger charge is -2.01. The first kappa shape index (κ1) is 11.4. The van der Waals surface area contributed by atoms with Gasteiger partial charge in [-0.3, -0.25) is 0 Å². The molecule has 3 heterocycles. The van der Waals surface area contributed by atoms with Crippen LogP contribution in [0.15, 0.2) is 11.4 Å². The van der Waals surface area contributed by atoms with Crippen LogP contribution in [0, 0.1) is 13.8 Å².